The minimum absolute atomic E-state index is 0.0331. The molecule has 0 bridgehead atoms. The molecule has 0 saturated carbocycles. The van der Waals surface area contributed by atoms with Crippen LogP contribution < -0.4 is 5.56 Å². The first-order valence-electron chi connectivity index (χ1n) is 6.90. The van der Waals surface area contributed by atoms with E-state index in [1.54, 1.807) is 10.6 Å². The maximum Gasteiger partial charge on any atom is 0.261 e. The van der Waals surface area contributed by atoms with Gasteiger partial charge >= 0.3 is 0 Å². The van der Waals surface area contributed by atoms with Crippen LogP contribution in [0.5, 0.6) is 0 Å². The molecule has 1 fully saturated rings. The third-order valence-corrected chi connectivity index (χ3v) is 4.15. The third kappa shape index (κ3) is 2.23. The van der Waals surface area contributed by atoms with E-state index < -0.39 is 0 Å². The molecule has 0 N–H and O–H groups in total. The van der Waals surface area contributed by atoms with Crippen LogP contribution in [0.4, 0.5) is 0 Å². The molecule has 3 rings (SSSR count). The Bertz CT molecular complexity index is 677. The lowest BCUT2D eigenvalue weighted by atomic mass is 10.1. The van der Waals surface area contributed by atoms with Crippen LogP contribution in [0, 0.1) is 0 Å². The highest BCUT2D eigenvalue weighted by atomic mass is 35.5. The molecule has 4 nitrogen and oxygen atoms in total. The van der Waals surface area contributed by atoms with Gasteiger partial charge in [0.15, 0.2) is 0 Å². The number of benzene rings is 1. The van der Waals surface area contributed by atoms with E-state index in [1.807, 2.05) is 25.1 Å². The SMILES string of the molecule is CC(C1CCCO1)n1c(CCl)nc2ccccc2c1=O. The molecular weight excluding hydrogens is 276 g/mol. The van der Waals surface area contributed by atoms with Crippen LogP contribution in [0.2, 0.25) is 0 Å². The Morgan fingerprint density at radius 3 is 3.00 bits per heavy atom. The van der Waals surface area contributed by atoms with Gasteiger partial charge in [-0.25, -0.2) is 4.98 Å². The standard InChI is InChI=1S/C15H17ClN2O2/c1-10(13-7-4-8-20-13)18-14(9-16)17-12-6-3-2-5-11(12)15(18)19/h2-3,5-6,10,13H,4,7-9H2,1H3. The number of alkyl halides is 1. The second-order valence-corrected chi connectivity index (χ2v) is 5.41. The summed E-state index contributed by atoms with van der Waals surface area (Å²) in [6, 6.07) is 7.33. The highest BCUT2D eigenvalue weighted by Gasteiger charge is 2.26. The molecule has 0 spiro atoms. The van der Waals surface area contributed by atoms with Crippen molar-refractivity contribution < 1.29 is 4.74 Å². The molecule has 2 unspecified atom stereocenters. The average Bonchev–Trinajstić information content (AvgIpc) is 3.00. The molecule has 1 aromatic carbocycles. The first-order valence-corrected chi connectivity index (χ1v) is 7.43. The molecule has 0 aliphatic carbocycles. The lowest BCUT2D eigenvalue weighted by Gasteiger charge is -2.23. The van der Waals surface area contributed by atoms with Crippen molar-refractivity contribution in [2.75, 3.05) is 6.61 Å². The van der Waals surface area contributed by atoms with Gasteiger partial charge < -0.3 is 4.74 Å². The highest BCUT2D eigenvalue weighted by Crippen LogP contribution is 2.25. The number of ether oxygens (including phenoxy) is 1. The summed E-state index contributed by atoms with van der Waals surface area (Å²) in [6.45, 7) is 2.77. The van der Waals surface area contributed by atoms with Gasteiger partial charge in [-0.1, -0.05) is 12.1 Å². The molecule has 0 radical (unpaired) electrons. The highest BCUT2D eigenvalue weighted by molar-refractivity contribution is 6.16. The van der Waals surface area contributed by atoms with Gasteiger partial charge in [-0.05, 0) is 31.9 Å². The third-order valence-electron chi connectivity index (χ3n) is 3.91. The number of aromatic nitrogens is 2. The minimum atomic E-state index is -0.0455. The smallest absolute Gasteiger partial charge is 0.261 e. The largest absolute Gasteiger partial charge is 0.376 e. The molecule has 106 valence electrons. The van der Waals surface area contributed by atoms with Crippen molar-refractivity contribution in [1.82, 2.24) is 9.55 Å². The molecule has 2 aromatic rings. The van der Waals surface area contributed by atoms with Crippen molar-refractivity contribution >= 4 is 22.5 Å². The van der Waals surface area contributed by atoms with Crippen LogP contribution in [0.15, 0.2) is 29.1 Å². The van der Waals surface area contributed by atoms with Crippen LogP contribution in [0.25, 0.3) is 10.9 Å². The molecule has 1 saturated heterocycles. The number of halogens is 1. The molecule has 2 atom stereocenters. The second-order valence-electron chi connectivity index (χ2n) is 5.15. The zero-order valence-electron chi connectivity index (χ0n) is 11.4. The maximum absolute atomic E-state index is 12.7. The molecule has 1 aliphatic rings. The van der Waals surface area contributed by atoms with E-state index in [2.05, 4.69) is 4.98 Å². The summed E-state index contributed by atoms with van der Waals surface area (Å²) in [5.74, 6) is 0.829. The zero-order chi connectivity index (χ0) is 14.1. The Morgan fingerprint density at radius 1 is 1.50 bits per heavy atom. The van der Waals surface area contributed by atoms with E-state index in [-0.39, 0.29) is 23.6 Å². The van der Waals surface area contributed by atoms with Crippen molar-refractivity contribution in [1.29, 1.82) is 0 Å². The van der Waals surface area contributed by atoms with E-state index in [0.29, 0.717) is 16.7 Å². The predicted octanol–water partition coefficient (Wildman–Crippen LogP) is 2.88. The molecule has 1 aliphatic heterocycles. The van der Waals surface area contributed by atoms with Gasteiger partial charge in [0.25, 0.3) is 5.56 Å². The fraction of sp³-hybridized carbons (Fsp3) is 0.467. The number of nitrogens with zero attached hydrogens (tertiary/aromatic N) is 2. The normalized spacial score (nSPS) is 20.4. The van der Waals surface area contributed by atoms with Gasteiger partial charge in [0.2, 0.25) is 0 Å². The lowest BCUT2D eigenvalue weighted by Crippen LogP contribution is -2.33. The van der Waals surface area contributed by atoms with Crippen LogP contribution in [-0.2, 0) is 10.6 Å². The zero-order valence-corrected chi connectivity index (χ0v) is 12.1. The number of fused-ring (bicyclic) bond motifs is 1. The van der Waals surface area contributed by atoms with E-state index in [0.717, 1.165) is 19.4 Å². The van der Waals surface area contributed by atoms with Gasteiger partial charge in [-0.2, -0.15) is 0 Å². The Kier molecular flexibility index (Phi) is 3.76. The predicted molar refractivity (Wildman–Crippen MR) is 79.2 cm³/mol. The van der Waals surface area contributed by atoms with Crippen molar-refractivity contribution in [3.63, 3.8) is 0 Å². The summed E-state index contributed by atoms with van der Waals surface area (Å²) in [7, 11) is 0. The van der Waals surface area contributed by atoms with Crippen LogP contribution in [0.3, 0.4) is 0 Å². The Hall–Kier alpha value is -1.39. The summed E-state index contributed by atoms with van der Waals surface area (Å²) in [5.41, 5.74) is 0.665. The van der Waals surface area contributed by atoms with Crippen LogP contribution in [0.1, 0.15) is 31.6 Å². The summed E-state index contributed by atoms with van der Waals surface area (Å²) in [5, 5.41) is 0.631. The number of rotatable bonds is 3. The summed E-state index contributed by atoms with van der Waals surface area (Å²) >= 11 is 5.99. The molecule has 20 heavy (non-hydrogen) atoms. The Balaban J connectivity index is 2.17. The van der Waals surface area contributed by atoms with Gasteiger partial charge in [-0.3, -0.25) is 9.36 Å². The fourth-order valence-corrected chi connectivity index (χ4v) is 3.04. The topological polar surface area (TPSA) is 44.1 Å². The summed E-state index contributed by atoms with van der Waals surface area (Å²) in [6.07, 6.45) is 2.08. The average molecular weight is 293 g/mol. The quantitative estimate of drug-likeness (QED) is 0.817. The second kappa shape index (κ2) is 5.54. The number of hydrogen-bond acceptors (Lipinski definition) is 3. The molecule has 5 heteroatoms. The monoisotopic (exact) mass is 292 g/mol. The van der Waals surface area contributed by atoms with E-state index >= 15 is 0 Å². The molecule has 2 heterocycles. The molecule has 1 aromatic heterocycles. The first-order chi connectivity index (χ1) is 9.72. The van der Waals surface area contributed by atoms with Crippen LogP contribution >= 0.6 is 11.6 Å². The minimum Gasteiger partial charge on any atom is -0.376 e. The number of para-hydroxylation sites is 1. The van der Waals surface area contributed by atoms with E-state index in [4.69, 9.17) is 16.3 Å². The first kappa shape index (κ1) is 13.6. The number of hydrogen-bond donors (Lipinski definition) is 0. The molecule has 0 amide bonds. The van der Waals surface area contributed by atoms with E-state index in [1.165, 1.54) is 0 Å². The van der Waals surface area contributed by atoms with Crippen molar-refractivity contribution in [2.45, 2.75) is 37.8 Å². The van der Waals surface area contributed by atoms with Crippen molar-refractivity contribution in [3.8, 4) is 0 Å². The summed E-state index contributed by atoms with van der Waals surface area (Å²) < 4.78 is 7.40. The summed E-state index contributed by atoms with van der Waals surface area (Å²) in [4.78, 5) is 17.2. The Labute approximate surface area is 122 Å². The van der Waals surface area contributed by atoms with Gasteiger partial charge in [-0.15, -0.1) is 11.6 Å². The van der Waals surface area contributed by atoms with Gasteiger partial charge in [0, 0.05) is 6.61 Å². The van der Waals surface area contributed by atoms with Gasteiger partial charge in [0.05, 0.1) is 28.9 Å². The van der Waals surface area contributed by atoms with Crippen LogP contribution in [-0.4, -0.2) is 22.3 Å². The van der Waals surface area contributed by atoms with Gasteiger partial charge in [0.1, 0.15) is 5.82 Å². The Morgan fingerprint density at radius 2 is 2.30 bits per heavy atom. The fourth-order valence-electron chi connectivity index (χ4n) is 2.86. The van der Waals surface area contributed by atoms with Crippen molar-refractivity contribution in [3.05, 3.63) is 40.4 Å². The molecular formula is C15H17ClN2O2. The van der Waals surface area contributed by atoms with E-state index in [9.17, 15) is 4.79 Å². The van der Waals surface area contributed by atoms with Crippen molar-refractivity contribution in [2.24, 2.45) is 0 Å². The maximum atomic E-state index is 12.7. The lowest BCUT2D eigenvalue weighted by molar-refractivity contribution is 0.0711.